The molecule has 0 N–H and O–H groups in total. The van der Waals surface area contributed by atoms with Crippen LogP contribution >= 0.6 is 12.9 Å². The lowest BCUT2D eigenvalue weighted by Gasteiger charge is -1.88. The molecular weight excluding hydrogens is 128 g/mol. The van der Waals surface area contributed by atoms with Crippen LogP contribution in [0.3, 0.4) is 0 Å². The normalized spacial score (nSPS) is 8.12. The van der Waals surface area contributed by atoms with Crippen LogP contribution in [0.5, 0.6) is 0 Å². The van der Waals surface area contributed by atoms with E-state index in [1.165, 1.54) is 0 Å². The average Bonchev–Trinajstić information content (AvgIpc) is 1.83. The van der Waals surface area contributed by atoms with E-state index in [1.54, 1.807) is 0 Å². The lowest BCUT2D eigenvalue weighted by Crippen LogP contribution is -1.95. The summed E-state index contributed by atoms with van der Waals surface area (Å²) in [7, 11) is 0. The largest absolute Gasteiger partial charge is 0.395 e. The number of hydrogen-bond acceptors (Lipinski definition) is 4. The average molecular weight is 134 g/mol. The Morgan fingerprint density at radius 3 is 2.75 bits per heavy atom. The van der Waals surface area contributed by atoms with Gasteiger partial charge in [0.2, 0.25) is 0 Å². The number of hydrogen-bond donors (Lipinski definition) is 1. The van der Waals surface area contributed by atoms with E-state index < -0.39 is 5.97 Å². The van der Waals surface area contributed by atoms with Gasteiger partial charge < -0.3 is 8.98 Å². The van der Waals surface area contributed by atoms with Crippen molar-refractivity contribution in [1.82, 2.24) is 0 Å². The van der Waals surface area contributed by atoms with Crippen molar-refractivity contribution in [2.45, 2.75) is 12.8 Å². The van der Waals surface area contributed by atoms with Crippen molar-refractivity contribution in [3.63, 3.8) is 0 Å². The van der Waals surface area contributed by atoms with Gasteiger partial charge in [-0.15, -0.1) is 0 Å². The lowest BCUT2D eigenvalue weighted by atomic mass is 10.3. The van der Waals surface area contributed by atoms with Crippen LogP contribution in [0.1, 0.15) is 12.8 Å². The van der Waals surface area contributed by atoms with Gasteiger partial charge in [0, 0.05) is 19.3 Å². The summed E-state index contributed by atoms with van der Waals surface area (Å²) in [5.74, 6) is -0.472. The zero-order valence-corrected chi connectivity index (χ0v) is 5.06. The fourth-order valence-electron chi connectivity index (χ4n) is 0.222. The standard InChI is InChI=1S/C4H6O3S/c5-3-1-2-4(6)7-8/h3,8H,1-2H2. The zero-order valence-electron chi connectivity index (χ0n) is 4.16. The number of rotatable bonds is 3. The Bertz CT molecular complexity index is 91.3. The van der Waals surface area contributed by atoms with Gasteiger partial charge in [0.1, 0.15) is 6.29 Å². The van der Waals surface area contributed by atoms with Gasteiger partial charge in [0.05, 0.1) is 6.42 Å². The molecule has 0 amide bonds. The van der Waals surface area contributed by atoms with Gasteiger partial charge >= 0.3 is 5.97 Å². The smallest absolute Gasteiger partial charge is 0.318 e. The summed E-state index contributed by atoms with van der Waals surface area (Å²) in [6.07, 6.45) is 0.983. The molecule has 0 unspecified atom stereocenters. The molecule has 3 nitrogen and oxygen atoms in total. The van der Waals surface area contributed by atoms with E-state index in [1.807, 2.05) is 0 Å². The first-order chi connectivity index (χ1) is 3.81. The first kappa shape index (κ1) is 7.49. The van der Waals surface area contributed by atoms with Crippen LogP contribution < -0.4 is 0 Å². The van der Waals surface area contributed by atoms with Gasteiger partial charge in [0.25, 0.3) is 0 Å². The number of aldehydes is 1. The maximum atomic E-state index is 10.1. The molecule has 0 aliphatic rings. The number of thiol groups is 1. The van der Waals surface area contributed by atoms with E-state index in [4.69, 9.17) is 0 Å². The molecule has 0 saturated heterocycles. The predicted molar refractivity (Wildman–Crippen MR) is 30.4 cm³/mol. The summed E-state index contributed by atoms with van der Waals surface area (Å²) in [5, 5.41) is 0. The summed E-state index contributed by atoms with van der Waals surface area (Å²) in [6, 6.07) is 0. The molecule has 8 heavy (non-hydrogen) atoms. The molecule has 0 rings (SSSR count). The highest BCUT2D eigenvalue weighted by atomic mass is 32.1. The van der Waals surface area contributed by atoms with Crippen molar-refractivity contribution >= 4 is 25.2 Å². The molecule has 0 fully saturated rings. The molecule has 0 radical (unpaired) electrons. The Labute approximate surface area is 52.6 Å². The predicted octanol–water partition coefficient (Wildman–Crippen LogP) is 0.353. The van der Waals surface area contributed by atoms with Gasteiger partial charge in [-0.25, -0.2) is 0 Å². The maximum Gasteiger partial charge on any atom is 0.318 e. The van der Waals surface area contributed by atoms with E-state index in [-0.39, 0.29) is 12.8 Å². The molecule has 0 aliphatic heterocycles. The highest BCUT2D eigenvalue weighted by Crippen LogP contribution is 1.90. The Hall–Kier alpha value is -0.510. The topological polar surface area (TPSA) is 43.4 Å². The molecule has 0 heterocycles. The molecule has 4 heteroatoms. The fraction of sp³-hybridized carbons (Fsp3) is 0.500. The van der Waals surface area contributed by atoms with Gasteiger partial charge in [0.15, 0.2) is 0 Å². The third kappa shape index (κ3) is 3.67. The number of carbonyl (C=O) groups is 2. The van der Waals surface area contributed by atoms with Crippen molar-refractivity contribution in [2.24, 2.45) is 0 Å². The summed E-state index contributed by atoms with van der Waals surface area (Å²) in [4.78, 5) is 19.7. The van der Waals surface area contributed by atoms with Gasteiger partial charge in [-0.1, -0.05) is 0 Å². The third-order valence-electron chi connectivity index (χ3n) is 0.568. The van der Waals surface area contributed by atoms with E-state index in [2.05, 4.69) is 17.1 Å². The highest BCUT2D eigenvalue weighted by molar-refractivity contribution is 7.75. The van der Waals surface area contributed by atoms with Gasteiger partial charge in [-0.2, -0.15) is 0 Å². The van der Waals surface area contributed by atoms with Crippen LogP contribution in [0.2, 0.25) is 0 Å². The van der Waals surface area contributed by atoms with Crippen molar-refractivity contribution in [1.29, 1.82) is 0 Å². The van der Waals surface area contributed by atoms with Gasteiger partial charge in [-0.05, 0) is 0 Å². The minimum Gasteiger partial charge on any atom is -0.395 e. The first-order valence-electron chi connectivity index (χ1n) is 2.09. The second-order valence-electron chi connectivity index (χ2n) is 1.17. The number of carbonyl (C=O) groups excluding carboxylic acids is 2. The molecule has 46 valence electrons. The molecule has 0 spiro atoms. The van der Waals surface area contributed by atoms with E-state index in [0.29, 0.717) is 6.29 Å². The second-order valence-corrected chi connectivity index (χ2v) is 1.35. The molecular formula is C4H6O3S. The van der Waals surface area contributed by atoms with Crippen molar-refractivity contribution < 1.29 is 13.8 Å². The van der Waals surface area contributed by atoms with Crippen molar-refractivity contribution in [3.05, 3.63) is 0 Å². The van der Waals surface area contributed by atoms with Crippen LogP contribution in [0.25, 0.3) is 0 Å². The van der Waals surface area contributed by atoms with E-state index in [0.717, 1.165) is 0 Å². The van der Waals surface area contributed by atoms with Gasteiger partial charge in [-0.3, -0.25) is 4.79 Å². The van der Waals surface area contributed by atoms with Crippen LogP contribution in [-0.4, -0.2) is 12.3 Å². The van der Waals surface area contributed by atoms with Crippen molar-refractivity contribution in [3.8, 4) is 0 Å². The summed E-state index contributed by atoms with van der Waals surface area (Å²) < 4.78 is 3.95. The molecule has 0 aliphatic carbocycles. The lowest BCUT2D eigenvalue weighted by molar-refractivity contribution is -0.133. The fourth-order valence-corrected chi connectivity index (χ4v) is 0.314. The van der Waals surface area contributed by atoms with Crippen molar-refractivity contribution in [2.75, 3.05) is 0 Å². The summed E-state index contributed by atoms with van der Waals surface area (Å²) >= 11 is 3.22. The van der Waals surface area contributed by atoms with Crippen LogP contribution in [0.4, 0.5) is 0 Å². The summed E-state index contributed by atoms with van der Waals surface area (Å²) in [5.41, 5.74) is 0. The Kier molecular flexibility index (Phi) is 4.35. The zero-order chi connectivity index (χ0) is 6.41. The molecule has 0 aromatic carbocycles. The van der Waals surface area contributed by atoms with E-state index >= 15 is 0 Å². The maximum absolute atomic E-state index is 10.1. The summed E-state index contributed by atoms with van der Waals surface area (Å²) in [6.45, 7) is 0. The minimum absolute atomic E-state index is 0.118. The minimum atomic E-state index is -0.472. The first-order valence-corrected chi connectivity index (χ1v) is 2.45. The van der Waals surface area contributed by atoms with Crippen LogP contribution in [0, 0.1) is 0 Å². The third-order valence-corrected chi connectivity index (χ3v) is 0.772. The molecule has 0 aromatic rings. The molecule has 0 bridgehead atoms. The Morgan fingerprint density at radius 2 is 2.38 bits per heavy atom. The highest BCUT2D eigenvalue weighted by Gasteiger charge is 1.96. The van der Waals surface area contributed by atoms with E-state index in [9.17, 15) is 9.59 Å². The molecule has 0 saturated carbocycles. The monoisotopic (exact) mass is 134 g/mol. The molecule has 0 aromatic heterocycles. The Morgan fingerprint density at radius 1 is 1.75 bits per heavy atom. The Balaban J connectivity index is 3.11. The van der Waals surface area contributed by atoms with Crippen LogP contribution in [-0.2, 0) is 13.8 Å². The quantitative estimate of drug-likeness (QED) is 0.344. The second kappa shape index (κ2) is 4.64. The SMILES string of the molecule is O=CCCC(=O)OS. The van der Waals surface area contributed by atoms with Crippen LogP contribution in [0.15, 0.2) is 0 Å². The molecule has 0 atom stereocenters.